The number of hydrogen-bond acceptors (Lipinski definition) is 7. The number of aryl methyl sites for hydroxylation is 1. The van der Waals surface area contributed by atoms with Crippen LogP contribution < -0.4 is 4.72 Å². The highest BCUT2D eigenvalue weighted by atomic mass is 32.2. The summed E-state index contributed by atoms with van der Waals surface area (Å²) < 4.78 is 35.6. The summed E-state index contributed by atoms with van der Waals surface area (Å²) in [6, 6.07) is 4.31. The van der Waals surface area contributed by atoms with Crippen molar-refractivity contribution >= 4 is 32.8 Å². The molecule has 0 aliphatic carbocycles. The minimum atomic E-state index is -3.73. The standard InChI is InChI=1S/C11H12N6O2S2/c1-6(11-12-7(2)13-14-11)17-21(18,19)9-5-3-4-8-10(9)16-20-15-8/h3-6,17H,1-2H3,(H,12,13,14)/t6-/m1/s1. The number of aromatic nitrogens is 5. The highest BCUT2D eigenvalue weighted by molar-refractivity contribution is 7.89. The molecule has 21 heavy (non-hydrogen) atoms. The van der Waals surface area contributed by atoms with Crippen LogP contribution in [0.3, 0.4) is 0 Å². The van der Waals surface area contributed by atoms with E-state index >= 15 is 0 Å². The molecule has 0 bridgehead atoms. The van der Waals surface area contributed by atoms with E-state index in [0.717, 1.165) is 11.7 Å². The van der Waals surface area contributed by atoms with E-state index in [2.05, 4.69) is 28.7 Å². The van der Waals surface area contributed by atoms with Crippen molar-refractivity contribution < 1.29 is 8.42 Å². The van der Waals surface area contributed by atoms with Crippen molar-refractivity contribution in [2.75, 3.05) is 0 Å². The molecule has 2 aromatic heterocycles. The Hall–Kier alpha value is -1.91. The molecule has 0 saturated carbocycles. The highest BCUT2D eigenvalue weighted by Gasteiger charge is 2.23. The van der Waals surface area contributed by atoms with Crippen molar-refractivity contribution in [3.8, 4) is 0 Å². The van der Waals surface area contributed by atoms with Gasteiger partial charge in [-0.1, -0.05) is 6.07 Å². The first-order valence-corrected chi connectivity index (χ1v) is 8.31. The summed E-state index contributed by atoms with van der Waals surface area (Å²) in [5.74, 6) is 1.02. The Labute approximate surface area is 125 Å². The van der Waals surface area contributed by atoms with Crippen molar-refractivity contribution in [2.45, 2.75) is 24.8 Å². The second kappa shape index (κ2) is 5.13. The van der Waals surface area contributed by atoms with E-state index in [9.17, 15) is 8.42 Å². The molecule has 0 amide bonds. The number of rotatable bonds is 4. The summed E-state index contributed by atoms with van der Waals surface area (Å²) in [5.41, 5.74) is 0.928. The molecule has 1 atom stereocenters. The molecule has 0 saturated heterocycles. The van der Waals surface area contributed by atoms with Crippen molar-refractivity contribution in [1.29, 1.82) is 0 Å². The number of benzene rings is 1. The third-order valence-electron chi connectivity index (χ3n) is 2.87. The fourth-order valence-electron chi connectivity index (χ4n) is 1.90. The first-order chi connectivity index (χ1) is 9.97. The molecule has 3 rings (SSSR count). The summed E-state index contributed by atoms with van der Waals surface area (Å²) in [6.07, 6.45) is 0. The lowest BCUT2D eigenvalue weighted by molar-refractivity contribution is 0.561. The topological polar surface area (TPSA) is 114 Å². The maximum atomic E-state index is 12.5. The fraction of sp³-hybridized carbons (Fsp3) is 0.273. The molecule has 2 heterocycles. The van der Waals surface area contributed by atoms with E-state index in [1.54, 1.807) is 26.0 Å². The number of nitrogens with one attached hydrogen (secondary N) is 2. The molecule has 0 aliphatic rings. The Morgan fingerprint density at radius 1 is 1.33 bits per heavy atom. The molecule has 110 valence electrons. The van der Waals surface area contributed by atoms with E-state index < -0.39 is 16.1 Å². The van der Waals surface area contributed by atoms with E-state index in [4.69, 9.17) is 0 Å². The maximum absolute atomic E-state index is 12.5. The van der Waals surface area contributed by atoms with Crippen LogP contribution in [0.25, 0.3) is 11.0 Å². The average molecular weight is 324 g/mol. The van der Waals surface area contributed by atoms with Gasteiger partial charge >= 0.3 is 0 Å². The first-order valence-electron chi connectivity index (χ1n) is 6.10. The first kappa shape index (κ1) is 14.0. The number of H-pyrrole nitrogens is 1. The van der Waals surface area contributed by atoms with Crippen molar-refractivity contribution in [3.05, 3.63) is 29.8 Å². The molecule has 0 fully saturated rings. The second-order valence-electron chi connectivity index (χ2n) is 4.51. The fourth-order valence-corrected chi connectivity index (χ4v) is 3.87. The van der Waals surface area contributed by atoms with E-state index in [1.165, 1.54) is 6.07 Å². The predicted octanol–water partition coefficient (Wildman–Crippen LogP) is 1.16. The van der Waals surface area contributed by atoms with Crippen LogP contribution in [0.1, 0.15) is 24.6 Å². The van der Waals surface area contributed by atoms with Crippen LogP contribution in [-0.2, 0) is 10.0 Å². The van der Waals surface area contributed by atoms with Crippen LogP contribution in [-0.4, -0.2) is 32.3 Å². The lowest BCUT2D eigenvalue weighted by atomic mass is 10.3. The third-order valence-corrected chi connectivity index (χ3v) is 4.99. The van der Waals surface area contributed by atoms with Crippen molar-refractivity contribution in [1.82, 2.24) is 28.7 Å². The van der Waals surface area contributed by atoms with E-state index in [0.29, 0.717) is 22.7 Å². The van der Waals surface area contributed by atoms with Gasteiger partial charge in [-0.2, -0.15) is 13.8 Å². The van der Waals surface area contributed by atoms with E-state index in [-0.39, 0.29) is 4.90 Å². The number of hydrogen-bond donors (Lipinski definition) is 2. The highest BCUT2D eigenvalue weighted by Crippen LogP contribution is 2.22. The molecule has 2 N–H and O–H groups in total. The SMILES string of the molecule is Cc1nc([C@@H](C)NS(=O)(=O)c2cccc3nsnc23)n[nH]1. The number of sulfonamides is 1. The molecular formula is C11H12N6O2S2. The van der Waals surface area contributed by atoms with Gasteiger partial charge in [0.25, 0.3) is 0 Å². The minimum Gasteiger partial charge on any atom is -0.263 e. The van der Waals surface area contributed by atoms with Gasteiger partial charge in [-0.3, -0.25) is 5.10 Å². The van der Waals surface area contributed by atoms with E-state index in [1.807, 2.05) is 0 Å². The van der Waals surface area contributed by atoms with Gasteiger partial charge in [-0.05, 0) is 26.0 Å². The van der Waals surface area contributed by atoms with Gasteiger partial charge in [0, 0.05) is 0 Å². The monoisotopic (exact) mass is 324 g/mol. The summed E-state index contributed by atoms with van der Waals surface area (Å²) in [7, 11) is -3.73. The van der Waals surface area contributed by atoms with Crippen LogP contribution in [0.4, 0.5) is 0 Å². The van der Waals surface area contributed by atoms with Gasteiger partial charge in [0.2, 0.25) is 10.0 Å². The summed E-state index contributed by atoms with van der Waals surface area (Å²) >= 11 is 0.980. The average Bonchev–Trinajstić information content (AvgIpc) is 3.05. The van der Waals surface area contributed by atoms with Gasteiger partial charge < -0.3 is 0 Å². The van der Waals surface area contributed by atoms with Gasteiger partial charge in [-0.25, -0.2) is 18.1 Å². The minimum absolute atomic E-state index is 0.104. The molecule has 0 spiro atoms. The molecule has 0 aliphatic heterocycles. The normalized spacial score (nSPS) is 13.6. The summed E-state index contributed by atoms with van der Waals surface area (Å²) in [4.78, 5) is 4.23. The molecule has 0 radical (unpaired) electrons. The zero-order valence-corrected chi connectivity index (χ0v) is 12.9. The number of aromatic amines is 1. The Morgan fingerprint density at radius 2 is 2.14 bits per heavy atom. The van der Waals surface area contributed by atoms with Crippen LogP contribution in [0.5, 0.6) is 0 Å². The van der Waals surface area contributed by atoms with Crippen LogP contribution in [0.15, 0.2) is 23.1 Å². The van der Waals surface area contributed by atoms with Crippen molar-refractivity contribution in [3.63, 3.8) is 0 Å². The Morgan fingerprint density at radius 3 is 2.86 bits per heavy atom. The van der Waals surface area contributed by atoms with Crippen molar-refractivity contribution in [2.24, 2.45) is 0 Å². The molecular weight excluding hydrogens is 312 g/mol. The van der Waals surface area contributed by atoms with Gasteiger partial charge in [-0.15, -0.1) is 0 Å². The zero-order chi connectivity index (χ0) is 15.0. The Balaban J connectivity index is 1.95. The third kappa shape index (κ3) is 2.64. The lowest BCUT2D eigenvalue weighted by Gasteiger charge is -2.11. The molecule has 0 unspecified atom stereocenters. The van der Waals surface area contributed by atoms with Gasteiger partial charge in [0.15, 0.2) is 5.82 Å². The summed E-state index contributed by atoms with van der Waals surface area (Å²) in [6.45, 7) is 3.43. The van der Waals surface area contributed by atoms with Crippen LogP contribution in [0, 0.1) is 6.92 Å². The number of nitrogens with zero attached hydrogens (tertiary/aromatic N) is 4. The van der Waals surface area contributed by atoms with Gasteiger partial charge in [0.05, 0.1) is 17.8 Å². The molecule has 3 aromatic rings. The quantitative estimate of drug-likeness (QED) is 0.744. The molecule has 1 aromatic carbocycles. The number of fused-ring (bicyclic) bond motifs is 1. The largest absolute Gasteiger partial charge is 0.263 e. The zero-order valence-electron chi connectivity index (χ0n) is 11.2. The molecule has 10 heteroatoms. The predicted molar refractivity (Wildman–Crippen MR) is 77.3 cm³/mol. The Bertz CT molecular complexity index is 885. The van der Waals surface area contributed by atoms with Gasteiger partial charge in [0.1, 0.15) is 21.8 Å². The van der Waals surface area contributed by atoms with Crippen LogP contribution in [0.2, 0.25) is 0 Å². The maximum Gasteiger partial charge on any atom is 0.243 e. The second-order valence-corrected chi connectivity index (χ2v) is 6.72. The van der Waals surface area contributed by atoms with Crippen LogP contribution >= 0.6 is 11.7 Å². The smallest absolute Gasteiger partial charge is 0.243 e. The summed E-state index contributed by atoms with van der Waals surface area (Å²) in [5, 5.41) is 6.64. The lowest BCUT2D eigenvalue weighted by Crippen LogP contribution is -2.27. The molecule has 8 nitrogen and oxygen atoms in total. The Kier molecular flexibility index (Phi) is 3.43.